The molecule has 6 N–H and O–H groups in total. The fourth-order valence-corrected chi connectivity index (χ4v) is 0.962. The highest BCUT2D eigenvalue weighted by Crippen LogP contribution is 2.12. The quantitative estimate of drug-likeness (QED) is 0.232. The van der Waals surface area contributed by atoms with Crippen molar-refractivity contribution in [3.05, 3.63) is 0 Å². The Balaban J connectivity index is 4.87. The van der Waals surface area contributed by atoms with Crippen molar-refractivity contribution < 1.29 is 30.0 Å². The maximum absolute atomic E-state index is 11.0. The van der Waals surface area contributed by atoms with Crippen LogP contribution >= 0.6 is 0 Å². The number of ketones is 1. The lowest BCUT2D eigenvalue weighted by Gasteiger charge is -2.31. The topological polar surface area (TPSA) is 141 Å². The van der Waals surface area contributed by atoms with E-state index in [9.17, 15) is 19.8 Å². The van der Waals surface area contributed by atoms with Gasteiger partial charge in [-0.15, -0.1) is 0 Å². The van der Waals surface area contributed by atoms with Crippen LogP contribution in [0.2, 0.25) is 0 Å². The predicted molar refractivity (Wildman–Crippen MR) is 48.8 cm³/mol. The number of aliphatic hydroxyl groups is 4. The molecule has 4 atom stereocenters. The van der Waals surface area contributed by atoms with Crippen molar-refractivity contribution >= 4 is 12.1 Å². The Kier molecular flexibility index (Phi) is 4.98. The average Bonchev–Trinajstić information content (AvgIpc) is 2.24. The zero-order valence-corrected chi connectivity index (χ0v) is 8.20. The number of hydrogen-bond donors (Lipinski definition) is 5. The van der Waals surface area contributed by atoms with Crippen LogP contribution in [0.1, 0.15) is 6.92 Å². The zero-order chi connectivity index (χ0) is 12.2. The number of hydrogen-bond acceptors (Lipinski definition) is 7. The van der Waals surface area contributed by atoms with E-state index < -0.39 is 36.2 Å². The molecule has 7 nitrogen and oxygen atoms in total. The van der Waals surface area contributed by atoms with Gasteiger partial charge in [-0.3, -0.25) is 4.79 Å². The molecule has 0 aromatic carbocycles. The summed E-state index contributed by atoms with van der Waals surface area (Å²) in [5.74, 6) is -0.853. The number of aliphatic hydroxyl groups excluding tert-OH is 4. The lowest BCUT2D eigenvalue weighted by molar-refractivity contribution is -0.143. The van der Waals surface area contributed by atoms with E-state index in [-0.39, 0.29) is 6.29 Å². The molecule has 0 saturated heterocycles. The van der Waals surface area contributed by atoms with Crippen molar-refractivity contribution in [2.24, 2.45) is 5.73 Å². The second-order valence-electron chi connectivity index (χ2n) is 3.29. The van der Waals surface area contributed by atoms with Crippen LogP contribution in [0.15, 0.2) is 0 Å². The maximum Gasteiger partial charge on any atom is 0.159 e. The highest BCUT2D eigenvalue weighted by molar-refractivity contribution is 6.02. The molecule has 0 amide bonds. The Bertz CT molecular complexity index is 245. The Morgan fingerprint density at radius 3 is 2.20 bits per heavy atom. The summed E-state index contributed by atoms with van der Waals surface area (Å²) in [5, 5.41) is 36.2. The van der Waals surface area contributed by atoms with Crippen molar-refractivity contribution in [2.45, 2.75) is 30.8 Å². The molecule has 7 heteroatoms. The Hall–Kier alpha value is -0.860. The summed E-state index contributed by atoms with van der Waals surface area (Å²) in [6, 6.07) is 0. The molecule has 0 aliphatic heterocycles. The molecule has 0 aromatic heterocycles. The smallest absolute Gasteiger partial charge is 0.159 e. The minimum atomic E-state index is -2.28. The highest BCUT2D eigenvalue weighted by atomic mass is 16.4. The average molecular weight is 221 g/mol. The molecule has 0 saturated carbocycles. The van der Waals surface area contributed by atoms with Crippen LogP contribution in [0.5, 0.6) is 0 Å². The van der Waals surface area contributed by atoms with Gasteiger partial charge in [0.2, 0.25) is 0 Å². The van der Waals surface area contributed by atoms with Gasteiger partial charge in [0.05, 0.1) is 6.61 Å². The van der Waals surface area contributed by atoms with Crippen molar-refractivity contribution in [3.8, 4) is 0 Å². The van der Waals surface area contributed by atoms with Gasteiger partial charge < -0.3 is 31.0 Å². The first-order chi connectivity index (χ1) is 6.81. The van der Waals surface area contributed by atoms with E-state index in [1.807, 2.05) is 0 Å². The second-order valence-corrected chi connectivity index (χ2v) is 3.29. The number of Topliss-reactive ketones (excluding diaryl/α,β-unsaturated/α-hetero) is 1. The van der Waals surface area contributed by atoms with Gasteiger partial charge in [0.15, 0.2) is 11.3 Å². The lowest BCUT2D eigenvalue weighted by atomic mass is 9.86. The van der Waals surface area contributed by atoms with E-state index in [2.05, 4.69) is 0 Å². The van der Waals surface area contributed by atoms with Crippen LogP contribution < -0.4 is 5.73 Å². The van der Waals surface area contributed by atoms with E-state index in [0.717, 1.165) is 6.92 Å². The van der Waals surface area contributed by atoms with Crippen LogP contribution in [0.3, 0.4) is 0 Å². The third-order valence-corrected chi connectivity index (χ3v) is 2.20. The molecule has 0 rings (SSSR count). The molecule has 1 unspecified atom stereocenters. The summed E-state index contributed by atoms with van der Waals surface area (Å²) < 4.78 is 0. The third-order valence-electron chi connectivity index (χ3n) is 2.20. The molecule has 0 bridgehead atoms. The van der Waals surface area contributed by atoms with Crippen molar-refractivity contribution in [3.63, 3.8) is 0 Å². The molecule has 15 heavy (non-hydrogen) atoms. The Morgan fingerprint density at radius 2 is 1.93 bits per heavy atom. The van der Waals surface area contributed by atoms with Gasteiger partial charge in [-0.25, -0.2) is 0 Å². The highest BCUT2D eigenvalue weighted by Gasteiger charge is 2.44. The van der Waals surface area contributed by atoms with Crippen LogP contribution in [0.25, 0.3) is 0 Å². The molecule has 0 aromatic rings. The van der Waals surface area contributed by atoms with E-state index >= 15 is 0 Å². The van der Waals surface area contributed by atoms with E-state index in [0.29, 0.717) is 0 Å². The van der Waals surface area contributed by atoms with Gasteiger partial charge >= 0.3 is 0 Å². The predicted octanol–water partition coefficient (Wildman–Crippen LogP) is -3.45. The minimum Gasteiger partial charge on any atom is -0.394 e. The van der Waals surface area contributed by atoms with Crippen molar-refractivity contribution in [1.82, 2.24) is 0 Å². The molecule has 0 radical (unpaired) electrons. The van der Waals surface area contributed by atoms with Gasteiger partial charge in [0.25, 0.3) is 0 Å². The fourth-order valence-electron chi connectivity index (χ4n) is 0.962. The number of nitrogens with two attached hydrogens (primary N) is 1. The summed E-state index contributed by atoms with van der Waals surface area (Å²) >= 11 is 0. The number of rotatable bonds is 6. The first-order valence-corrected chi connectivity index (χ1v) is 4.22. The molecule has 0 fully saturated rings. The third kappa shape index (κ3) is 2.80. The van der Waals surface area contributed by atoms with E-state index in [1.54, 1.807) is 0 Å². The molecule has 0 heterocycles. The summed E-state index contributed by atoms with van der Waals surface area (Å²) in [6.07, 6.45) is -5.54. The molecular weight excluding hydrogens is 206 g/mol. The van der Waals surface area contributed by atoms with Crippen LogP contribution in [-0.4, -0.2) is 63.0 Å². The van der Waals surface area contributed by atoms with Gasteiger partial charge in [-0.2, -0.15) is 0 Å². The molecule has 0 aliphatic rings. The zero-order valence-electron chi connectivity index (χ0n) is 8.20. The van der Waals surface area contributed by atoms with Gasteiger partial charge in [0, 0.05) is 0 Å². The normalized spacial score (nSPS) is 21.2. The molecule has 88 valence electrons. The number of carbonyl (C=O) groups excluding carboxylic acids is 2. The van der Waals surface area contributed by atoms with Gasteiger partial charge in [-0.1, -0.05) is 0 Å². The van der Waals surface area contributed by atoms with Crippen LogP contribution in [0, 0.1) is 0 Å². The summed E-state index contributed by atoms with van der Waals surface area (Å²) in [7, 11) is 0. The molecule has 0 spiro atoms. The summed E-state index contributed by atoms with van der Waals surface area (Å²) in [5.41, 5.74) is 2.97. The van der Waals surface area contributed by atoms with Crippen LogP contribution in [0.4, 0.5) is 0 Å². The first kappa shape index (κ1) is 14.1. The first-order valence-electron chi connectivity index (χ1n) is 4.22. The maximum atomic E-state index is 11.0. The lowest BCUT2D eigenvalue weighted by Crippen LogP contribution is -2.64. The number of aldehydes is 1. The Morgan fingerprint density at radius 1 is 1.47 bits per heavy atom. The summed E-state index contributed by atoms with van der Waals surface area (Å²) in [4.78, 5) is 21.5. The van der Waals surface area contributed by atoms with Gasteiger partial charge in [-0.05, 0) is 6.92 Å². The minimum absolute atomic E-state index is 0.00663. The monoisotopic (exact) mass is 221 g/mol. The molecule has 0 aliphatic carbocycles. The molecular formula is C8H15NO6. The van der Waals surface area contributed by atoms with Gasteiger partial charge in [0.1, 0.15) is 24.6 Å². The van der Waals surface area contributed by atoms with E-state index in [4.69, 9.17) is 15.9 Å². The van der Waals surface area contributed by atoms with Crippen molar-refractivity contribution in [2.75, 3.05) is 6.61 Å². The second kappa shape index (κ2) is 5.29. The SMILES string of the molecule is CC(=O)[C@@](N)(C=O)[C@@H](O)[C@H](O)C(O)CO. The number of carbonyl (C=O) groups is 2. The standard InChI is InChI=1S/C8H15NO6/c1-4(12)8(9,3-11)7(15)6(14)5(13)2-10/h3,5-7,10,13-15H,2,9H2,1H3/t5?,6-,7+,8+/m1/s1. The largest absolute Gasteiger partial charge is 0.394 e. The van der Waals surface area contributed by atoms with Crippen molar-refractivity contribution in [1.29, 1.82) is 0 Å². The van der Waals surface area contributed by atoms with E-state index in [1.165, 1.54) is 0 Å². The Labute approximate surface area is 86.1 Å². The fraction of sp³-hybridized carbons (Fsp3) is 0.750. The summed E-state index contributed by atoms with van der Waals surface area (Å²) in [6.45, 7) is 0.140. The van der Waals surface area contributed by atoms with Crippen LogP contribution in [-0.2, 0) is 9.59 Å².